The average Bonchev–Trinajstić information content (AvgIpc) is 2.17. The standard InChI is InChI=1S/C10H14N2O2S/c1-12(10(13)7-15(2)14)9-5-3-8(11)4-6-9/h3-6H,7,11H2,1-2H3. The van der Waals surface area contributed by atoms with E-state index < -0.39 is 10.8 Å². The van der Waals surface area contributed by atoms with Crippen LogP contribution in [0.2, 0.25) is 0 Å². The van der Waals surface area contributed by atoms with Gasteiger partial charge in [-0.3, -0.25) is 9.00 Å². The summed E-state index contributed by atoms with van der Waals surface area (Å²) in [5.74, 6) is -0.124. The van der Waals surface area contributed by atoms with Crippen molar-refractivity contribution in [2.75, 3.05) is 29.7 Å². The molecule has 0 saturated carbocycles. The first-order chi connectivity index (χ1) is 7.00. The van der Waals surface area contributed by atoms with E-state index >= 15 is 0 Å². The number of amides is 1. The van der Waals surface area contributed by atoms with Gasteiger partial charge in [-0.25, -0.2) is 0 Å². The van der Waals surface area contributed by atoms with Gasteiger partial charge in [0.2, 0.25) is 5.91 Å². The summed E-state index contributed by atoms with van der Waals surface area (Å²) < 4.78 is 10.9. The molecule has 15 heavy (non-hydrogen) atoms. The van der Waals surface area contributed by atoms with Crippen molar-refractivity contribution in [2.24, 2.45) is 0 Å². The van der Waals surface area contributed by atoms with Gasteiger partial charge >= 0.3 is 0 Å². The zero-order valence-corrected chi connectivity index (χ0v) is 9.58. The summed E-state index contributed by atoms with van der Waals surface area (Å²) in [7, 11) is 0.543. The van der Waals surface area contributed by atoms with E-state index in [1.54, 1.807) is 31.3 Å². The van der Waals surface area contributed by atoms with Gasteiger partial charge in [-0.05, 0) is 24.3 Å². The molecular formula is C10H14N2O2S. The predicted octanol–water partition coefficient (Wildman–Crippen LogP) is 0.610. The monoisotopic (exact) mass is 226 g/mol. The minimum absolute atomic E-state index is 0.0425. The van der Waals surface area contributed by atoms with Gasteiger partial charge in [-0.1, -0.05) is 0 Å². The summed E-state index contributed by atoms with van der Waals surface area (Å²) in [4.78, 5) is 13.0. The van der Waals surface area contributed by atoms with Gasteiger partial charge in [0.25, 0.3) is 0 Å². The van der Waals surface area contributed by atoms with Crippen LogP contribution < -0.4 is 10.6 Å². The Labute approximate surface area is 91.5 Å². The lowest BCUT2D eigenvalue weighted by Gasteiger charge is -2.16. The van der Waals surface area contributed by atoms with Crippen LogP contribution in [0.3, 0.4) is 0 Å². The van der Waals surface area contributed by atoms with Crippen molar-refractivity contribution in [1.82, 2.24) is 0 Å². The molecule has 2 N–H and O–H groups in total. The number of anilines is 2. The molecule has 1 aromatic rings. The van der Waals surface area contributed by atoms with E-state index in [1.807, 2.05) is 0 Å². The molecule has 0 fully saturated rings. The smallest absolute Gasteiger partial charge is 0.239 e. The third kappa shape index (κ3) is 3.36. The van der Waals surface area contributed by atoms with Gasteiger partial charge < -0.3 is 10.6 Å². The molecule has 0 spiro atoms. The summed E-state index contributed by atoms with van der Waals surface area (Å²) in [5, 5.41) is 0. The van der Waals surface area contributed by atoms with Gasteiger partial charge in [0.15, 0.2) is 0 Å². The van der Waals surface area contributed by atoms with Crippen molar-refractivity contribution in [2.45, 2.75) is 0 Å². The lowest BCUT2D eigenvalue weighted by Crippen LogP contribution is -2.30. The normalized spacial score (nSPS) is 12.1. The molecule has 1 unspecified atom stereocenters. The Morgan fingerprint density at radius 1 is 1.40 bits per heavy atom. The highest BCUT2D eigenvalue weighted by Crippen LogP contribution is 2.14. The molecule has 0 aliphatic heterocycles. The molecule has 4 nitrogen and oxygen atoms in total. The number of hydrogen-bond acceptors (Lipinski definition) is 3. The second kappa shape index (κ2) is 4.93. The number of benzene rings is 1. The van der Waals surface area contributed by atoms with E-state index in [-0.39, 0.29) is 11.7 Å². The molecule has 1 amide bonds. The predicted molar refractivity (Wildman–Crippen MR) is 63.2 cm³/mol. The summed E-state index contributed by atoms with van der Waals surface area (Å²) in [6, 6.07) is 6.96. The first-order valence-corrected chi connectivity index (χ1v) is 6.15. The van der Waals surface area contributed by atoms with E-state index in [9.17, 15) is 9.00 Å². The quantitative estimate of drug-likeness (QED) is 0.768. The second-order valence-corrected chi connectivity index (χ2v) is 4.70. The van der Waals surface area contributed by atoms with E-state index in [1.165, 1.54) is 11.2 Å². The molecule has 0 aliphatic carbocycles. The maximum atomic E-state index is 11.5. The number of hydrogen-bond donors (Lipinski definition) is 1. The molecule has 1 atom stereocenters. The van der Waals surface area contributed by atoms with E-state index in [0.29, 0.717) is 5.69 Å². The number of carbonyl (C=O) groups is 1. The van der Waals surface area contributed by atoms with Crippen molar-refractivity contribution < 1.29 is 9.00 Å². The fourth-order valence-electron chi connectivity index (χ4n) is 1.11. The average molecular weight is 226 g/mol. The number of rotatable bonds is 3. The highest BCUT2D eigenvalue weighted by Gasteiger charge is 2.11. The molecule has 0 aromatic heterocycles. The highest BCUT2D eigenvalue weighted by atomic mass is 32.2. The van der Waals surface area contributed by atoms with E-state index in [2.05, 4.69) is 0 Å². The van der Waals surface area contributed by atoms with Crippen molar-refractivity contribution in [3.8, 4) is 0 Å². The van der Waals surface area contributed by atoms with Gasteiger partial charge in [0, 0.05) is 35.5 Å². The Bertz CT molecular complexity index is 376. The van der Waals surface area contributed by atoms with E-state index in [0.717, 1.165) is 5.69 Å². The molecule has 0 aliphatic rings. The number of carbonyl (C=O) groups excluding carboxylic acids is 1. The van der Waals surface area contributed by atoms with Crippen LogP contribution in [0, 0.1) is 0 Å². The molecule has 1 aromatic carbocycles. The van der Waals surface area contributed by atoms with Gasteiger partial charge in [0.05, 0.1) is 0 Å². The molecule has 82 valence electrons. The largest absolute Gasteiger partial charge is 0.399 e. The van der Waals surface area contributed by atoms with Crippen LogP contribution in [0.25, 0.3) is 0 Å². The van der Waals surface area contributed by atoms with Crippen LogP contribution in [0.5, 0.6) is 0 Å². The first kappa shape index (κ1) is 11.7. The van der Waals surface area contributed by atoms with E-state index in [4.69, 9.17) is 5.73 Å². The van der Waals surface area contributed by atoms with Crippen LogP contribution in [-0.4, -0.2) is 29.2 Å². The highest BCUT2D eigenvalue weighted by molar-refractivity contribution is 7.85. The maximum Gasteiger partial charge on any atom is 0.239 e. The van der Waals surface area contributed by atoms with Gasteiger partial charge in [-0.2, -0.15) is 0 Å². The summed E-state index contributed by atoms with van der Waals surface area (Å²) in [6.45, 7) is 0. The minimum atomic E-state index is -1.11. The van der Waals surface area contributed by atoms with Crippen LogP contribution in [0.4, 0.5) is 11.4 Å². The summed E-state index contributed by atoms with van der Waals surface area (Å²) in [6.07, 6.45) is 1.51. The molecule has 0 radical (unpaired) electrons. The maximum absolute atomic E-state index is 11.5. The van der Waals surface area contributed by atoms with Crippen LogP contribution in [-0.2, 0) is 15.6 Å². The SMILES string of the molecule is CN(C(=O)CS(C)=O)c1ccc(N)cc1. The molecule has 0 heterocycles. The number of nitrogens with zero attached hydrogens (tertiary/aromatic N) is 1. The fraction of sp³-hybridized carbons (Fsp3) is 0.300. The Morgan fingerprint density at radius 2 is 1.93 bits per heavy atom. The van der Waals surface area contributed by atoms with Crippen molar-refractivity contribution in [3.05, 3.63) is 24.3 Å². The van der Waals surface area contributed by atoms with Crippen LogP contribution in [0.15, 0.2) is 24.3 Å². The topological polar surface area (TPSA) is 63.4 Å². The summed E-state index contributed by atoms with van der Waals surface area (Å²) >= 11 is 0. The third-order valence-corrected chi connectivity index (χ3v) is 2.63. The number of nitrogens with two attached hydrogens (primary N) is 1. The van der Waals surface area contributed by atoms with Crippen molar-refractivity contribution >= 4 is 28.1 Å². The summed E-state index contributed by atoms with van der Waals surface area (Å²) in [5.41, 5.74) is 6.93. The Morgan fingerprint density at radius 3 is 2.40 bits per heavy atom. The number of nitrogen functional groups attached to an aromatic ring is 1. The zero-order chi connectivity index (χ0) is 11.4. The fourth-order valence-corrected chi connectivity index (χ4v) is 1.65. The van der Waals surface area contributed by atoms with Crippen LogP contribution in [0.1, 0.15) is 0 Å². The molecule has 1 rings (SSSR count). The van der Waals surface area contributed by atoms with Crippen molar-refractivity contribution in [3.63, 3.8) is 0 Å². The van der Waals surface area contributed by atoms with Crippen molar-refractivity contribution in [1.29, 1.82) is 0 Å². The van der Waals surface area contributed by atoms with Crippen LogP contribution >= 0.6 is 0 Å². The Balaban J connectivity index is 2.76. The zero-order valence-electron chi connectivity index (χ0n) is 8.77. The third-order valence-electron chi connectivity index (χ3n) is 1.98. The molecular weight excluding hydrogens is 212 g/mol. The van der Waals surface area contributed by atoms with Gasteiger partial charge in [0.1, 0.15) is 5.75 Å². The second-order valence-electron chi connectivity index (χ2n) is 3.26. The Kier molecular flexibility index (Phi) is 3.85. The molecule has 5 heteroatoms. The first-order valence-electron chi connectivity index (χ1n) is 4.43. The minimum Gasteiger partial charge on any atom is -0.399 e. The Hall–Kier alpha value is -1.36. The lowest BCUT2D eigenvalue weighted by molar-refractivity contribution is -0.115. The lowest BCUT2D eigenvalue weighted by atomic mass is 10.2. The molecule has 0 saturated heterocycles. The van der Waals surface area contributed by atoms with Gasteiger partial charge in [-0.15, -0.1) is 0 Å². The molecule has 0 bridgehead atoms.